The lowest BCUT2D eigenvalue weighted by atomic mass is 10.1. The van der Waals surface area contributed by atoms with Gasteiger partial charge in [0.1, 0.15) is 5.52 Å². The predicted molar refractivity (Wildman–Crippen MR) is 86.5 cm³/mol. The quantitative estimate of drug-likeness (QED) is 0.744. The van der Waals surface area contributed by atoms with Gasteiger partial charge in [-0.25, -0.2) is 4.98 Å². The Balaban J connectivity index is 1.71. The number of oxazole rings is 1. The lowest BCUT2D eigenvalue weighted by Crippen LogP contribution is -1.99. The van der Waals surface area contributed by atoms with Crippen molar-refractivity contribution in [2.75, 3.05) is 5.32 Å². The molecule has 1 N–H and O–H groups in total. The molecule has 1 heterocycles. The lowest BCUT2D eigenvalue weighted by molar-refractivity contribution is 0.538. The van der Waals surface area contributed by atoms with Crippen LogP contribution < -0.4 is 5.32 Å². The Labute approximate surface area is 125 Å². The van der Waals surface area contributed by atoms with E-state index in [4.69, 9.17) is 4.42 Å². The van der Waals surface area contributed by atoms with Crippen LogP contribution in [0, 0.1) is 0 Å². The van der Waals surface area contributed by atoms with Crippen molar-refractivity contribution in [3.05, 3.63) is 59.5 Å². The van der Waals surface area contributed by atoms with Crippen molar-refractivity contribution in [3.63, 3.8) is 0 Å². The van der Waals surface area contributed by atoms with Gasteiger partial charge in [0.15, 0.2) is 11.5 Å². The van der Waals surface area contributed by atoms with Crippen LogP contribution in [0.3, 0.4) is 0 Å². The highest BCUT2D eigenvalue weighted by Gasteiger charge is 2.04. The maximum atomic E-state index is 5.62. The Morgan fingerprint density at radius 2 is 1.71 bits per heavy atom. The minimum Gasteiger partial charge on any atom is -0.441 e. The first-order chi connectivity index (χ1) is 10.3. The van der Waals surface area contributed by atoms with E-state index in [0.29, 0.717) is 0 Å². The molecule has 0 aliphatic carbocycles. The van der Waals surface area contributed by atoms with Gasteiger partial charge < -0.3 is 9.73 Å². The number of fused-ring (bicyclic) bond motifs is 1. The number of nitrogens with one attached hydrogen (secondary N) is 1. The summed E-state index contributed by atoms with van der Waals surface area (Å²) in [6.45, 7) is 5.03. The molecule has 108 valence electrons. The van der Waals surface area contributed by atoms with Crippen LogP contribution in [0.5, 0.6) is 0 Å². The topological polar surface area (TPSA) is 38.1 Å². The van der Waals surface area contributed by atoms with Crippen LogP contribution in [0.1, 0.15) is 30.9 Å². The second-order valence-electron chi connectivity index (χ2n) is 5.17. The molecule has 0 unspecified atom stereocenters. The lowest BCUT2D eigenvalue weighted by Gasteiger charge is -2.07. The molecule has 0 atom stereocenters. The largest absolute Gasteiger partial charge is 0.441 e. The van der Waals surface area contributed by atoms with Gasteiger partial charge in [-0.15, -0.1) is 0 Å². The molecule has 0 saturated heterocycles. The molecule has 3 aromatic rings. The van der Waals surface area contributed by atoms with Gasteiger partial charge in [-0.1, -0.05) is 38.1 Å². The van der Waals surface area contributed by atoms with Crippen molar-refractivity contribution in [3.8, 4) is 0 Å². The molecule has 0 bridgehead atoms. The van der Waals surface area contributed by atoms with Gasteiger partial charge in [-0.3, -0.25) is 0 Å². The van der Waals surface area contributed by atoms with Gasteiger partial charge >= 0.3 is 0 Å². The molecule has 1 aromatic heterocycles. The molecule has 0 aliphatic rings. The molecular weight excluding hydrogens is 260 g/mol. The predicted octanol–water partition coefficient (Wildman–Crippen LogP) is 4.56. The summed E-state index contributed by atoms with van der Waals surface area (Å²) in [6, 6.07) is 14.8. The first-order valence-corrected chi connectivity index (χ1v) is 7.49. The molecule has 3 nitrogen and oxygen atoms in total. The number of nitrogens with zero attached hydrogens (tertiary/aromatic N) is 1. The number of rotatable bonds is 5. The van der Waals surface area contributed by atoms with E-state index in [9.17, 15) is 0 Å². The maximum absolute atomic E-state index is 5.62. The minimum absolute atomic E-state index is 0.789. The van der Waals surface area contributed by atoms with Crippen LogP contribution in [0.2, 0.25) is 0 Å². The third kappa shape index (κ3) is 3.07. The number of aromatic nitrogens is 1. The fraction of sp³-hybridized carbons (Fsp3) is 0.278. The molecule has 0 saturated carbocycles. The smallest absolute Gasteiger partial charge is 0.195 e. The van der Waals surface area contributed by atoms with E-state index in [1.54, 1.807) is 0 Å². The van der Waals surface area contributed by atoms with Crippen molar-refractivity contribution in [1.82, 2.24) is 4.98 Å². The van der Waals surface area contributed by atoms with Crippen molar-refractivity contribution in [1.29, 1.82) is 0 Å². The van der Waals surface area contributed by atoms with Gasteiger partial charge in [0.25, 0.3) is 0 Å². The van der Waals surface area contributed by atoms with Crippen molar-refractivity contribution >= 4 is 16.8 Å². The van der Waals surface area contributed by atoms with Crippen LogP contribution in [0.15, 0.2) is 46.9 Å². The van der Waals surface area contributed by atoms with Crippen molar-refractivity contribution in [2.45, 2.75) is 33.2 Å². The highest BCUT2D eigenvalue weighted by Crippen LogP contribution is 2.20. The molecule has 2 aromatic carbocycles. The molecule has 0 spiro atoms. The number of benzene rings is 2. The van der Waals surface area contributed by atoms with Gasteiger partial charge in [0.05, 0.1) is 0 Å². The Morgan fingerprint density at radius 3 is 2.43 bits per heavy atom. The average molecular weight is 280 g/mol. The van der Waals surface area contributed by atoms with Crippen LogP contribution in [-0.4, -0.2) is 4.98 Å². The summed E-state index contributed by atoms with van der Waals surface area (Å²) in [7, 11) is 0. The number of anilines is 1. The highest BCUT2D eigenvalue weighted by molar-refractivity contribution is 5.77. The minimum atomic E-state index is 0.789. The van der Waals surface area contributed by atoms with E-state index >= 15 is 0 Å². The first kappa shape index (κ1) is 13.7. The molecule has 0 radical (unpaired) electrons. The van der Waals surface area contributed by atoms with Crippen LogP contribution in [0.4, 0.5) is 5.69 Å². The summed E-state index contributed by atoms with van der Waals surface area (Å²) < 4.78 is 5.62. The molecule has 3 heteroatoms. The van der Waals surface area contributed by atoms with E-state index in [-0.39, 0.29) is 0 Å². The first-order valence-electron chi connectivity index (χ1n) is 7.49. The zero-order valence-electron chi connectivity index (χ0n) is 12.5. The normalized spacial score (nSPS) is 11.0. The van der Waals surface area contributed by atoms with E-state index in [1.807, 2.05) is 25.1 Å². The third-order valence-electron chi connectivity index (χ3n) is 3.66. The summed E-state index contributed by atoms with van der Waals surface area (Å²) in [4.78, 5) is 4.46. The summed E-state index contributed by atoms with van der Waals surface area (Å²) in [5, 5.41) is 3.44. The van der Waals surface area contributed by atoms with Crippen molar-refractivity contribution < 1.29 is 4.42 Å². The van der Waals surface area contributed by atoms with Gasteiger partial charge in [0.2, 0.25) is 0 Å². The maximum Gasteiger partial charge on any atom is 0.195 e. The summed E-state index contributed by atoms with van der Waals surface area (Å²) in [5.41, 5.74) is 5.48. The van der Waals surface area contributed by atoms with E-state index < -0.39 is 0 Å². The SMILES string of the molecule is CCc1ccc(CNc2ccc3oc(CC)nc3c2)cc1. The Hall–Kier alpha value is -2.29. The van der Waals surface area contributed by atoms with Crippen LogP contribution >= 0.6 is 0 Å². The monoisotopic (exact) mass is 280 g/mol. The van der Waals surface area contributed by atoms with E-state index in [1.165, 1.54) is 11.1 Å². The zero-order chi connectivity index (χ0) is 14.7. The van der Waals surface area contributed by atoms with E-state index in [2.05, 4.69) is 41.5 Å². The van der Waals surface area contributed by atoms with Crippen LogP contribution in [-0.2, 0) is 19.4 Å². The summed E-state index contributed by atoms with van der Waals surface area (Å²) in [6.07, 6.45) is 1.90. The summed E-state index contributed by atoms with van der Waals surface area (Å²) in [5.74, 6) is 0.789. The molecule has 0 aliphatic heterocycles. The molecule has 3 rings (SSSR count). The second kappa shape index (κ2) is 6.00. The average Bonchev–Trinajstić information content (AvgIpc) is 2.95. The Kier molecular flexibility index (Phi) is 3.91. The standard InChI is InChI=1S/C18H20N2O/c1-3-13-5-7-14(8-6-13)12-19-15-9-10-17-16(11-15)20-18(4-2)21-17/h5-11,19H,3-4,12H2,1-2H3. The summed E-state index contributed by atoms with van der Waals surface area (Å²) >= 11 is 0. The van der Waals surface area contributed by atoms with Gasteiger partial charge in [-0.05, 0) is 35.7 Å². The van der Waals surface area contributed by atoms with Crippen LogP contribution in [0.25, 0.3) is 11.1 Å². The Morgan fingerprint density at radius 1 is 0.952 bits per heavy atom. The Bertz CT molecular complexity index is 729. The highest BCUT2D eigenvalue weighted by atomic mass is 16.3. The fourth-order valence-electron chi connectivity index (χ4n) is 2.33. The second-order valence-corrected chi connectivity index (χ2v) is 5.17. The number of hydrogen-bond acceptors (Lipinski definition) is 3. The third-order valence-corrected chi connectivity index (χ3v) is 3.66. The van der Waals surface area contributed by atoms with Crippen molar-refractivity contribution in [2.24, 2.45) is 0 Å². The molecular formula is C18H20N2O. The zero-order valence-corrected chi connectivity index (χ0v) is 12.5. The van der Waals surface area contributed by atoms with Gasteiger partial charge in [-0.2, -0.15) is 0 Å². The molecule has 21 heavy (non-hydrogen) atoms. The van der Waals surface area contributed by atoms with Gasteiger partial charge in [0, 0.05) is 18.7 Å². The molecule has 0 fully saturated rings. The number of hydrogen-bond donors (Lipinski definition) is 1. The molecule has 0 amide bonds. The van der Waals surface area contributed by atoms with E-state index in [0.717, 1.165) is 42.1 Å². The number of aryl methyl sites for hydroxylation is 2. The fourth-order valence-corrected chi connectivity index (χ4v) is 2.33.